The summed E-state index contributed by atoms with van der Waals surface area (Å²) in [6.45, 7) is 2.82. The Balaban J connectivity index is 2.58. The van der Waals surface area contributed by atoms with Crippen LogP contribution in [0, 0.1) is 6.92 Å². The Morgan fingerprint density at radius 3 is 2.88 bits per heavy atom. The normalized spacial score (nSPS) is 12.2. The maximum Gasteiger partial charge on any atom is 0.251 e. The van der Waals surface area contributed by atoms with Crippen molar-refractivity contribution in [3.8, 4) is 5.75 Å². The standard InChI is InChI=1S/C12H16BrNO3/c1-8-5-10(15)3-4-11(8)12(16)14-6-9(13)7-17-2/h3-5,9,15H,6-7H2,1-2H3,(H,14,16). The quantitative estimate of drug-likeness (QED) is 0.816. The molecule has 0 bridgehead atoms. The number of aromatic hydroxyl groups is 1. The maximum absolute atomic E-state index is 11.8. The summed E-state index contributed by atoms with van der Waals surface area (Å²) in [4.78, 5) is 11.9. The molecule has 0 aliphatic heterocycles. The zero-order valence-corrected chi connectivity index (χ0v) is 11.5. The highest BCUT2D eigenvalue weighted by atomic mass is 79.9. The molecule has 0 aliphatic carbocycles. The van der Waals surface area contributed by atoms with Gasteiger partial charge in [-0.1, -0.05) is 15.9 Å². The van der Waals surface area contributed by atoms with Crippen LogP contribution in [0.15, 0.2) is 18.2 Å². The molecular formula is C12H16BrNO3. The van der Waals surface area contributed by atoms with Crippen LogP contribution in [0.1, 0.15) is 15.9 Å². The zero-order valence-electron chi connectivity index (χ0n) is 9.87. The molecule has 0 radical (unpaired) electrons. The van der Waals surface area contributed by atoms with Crippen molar-refractivity contribution in [1.82, 2.24) is 5.32 Å². The average molecular weight is 302 g/mol. The van der Waals surface area contributed by atoms with Gasteiger partial charge in [0.05, 0.1) is 11.4 Å². The van der Waals surface area contributed by atoms with E-state index in [1.54, 1.807) is 26.2 Å². The van der Waals surface area contributed by atoms with E-state index in [1.165, 1.54) is 6.07 Å². The lowest BCUT2D eigenvalue weighted by molar-refractivity contribution is 0.0949. The molecule has 0 saturated carbocycles. The highest BCUT2D eigenvalue weighted by Crippen LogP contribution is 2.15. The molecular weight excluding hydrogens is 286 g/mol. The number of methoxy groups -OCH3 is 1. The number of carbonyl (C=O) groups is 1. The molecule has 0 aliphatic rings. The van der Waals surface area contributed by atoms with Crippen LogP contribution in [-0.2, 0) is 4.74 Å². The molecule has 1 aromatic rings. The number of hydrogen-bond donors (Lipinski definition) is 2. The molecule has 5 heteroatoms. The molecule has 4 nitrogen and oxygen atoms in total. The van der Waals surface area contributed by atoms with E-state index in [1.807, 2.05) is 0 Å². The van der Waals surface area contributed by atoms with Gasteiger partial charge in [0.1, 0.15) is 5.75 Å². The van der Waals surface area contributed by atoms with E-state index in [0.717, 1.165) is 5.56 Å². The number of halogens is 1. The molecule has 0 spiro atoms. The van der Waals surface area contributed by atoms with Gasteiger partial charge in [-0.05, 0) is 30.7 Å². The number of alkyl halides is 1. The van der Waals surface area contributed by atoms with E-state index >= 15 is 0 Å². The van der Waals surface area contributed by atoms with E-state index in [-0.39, 0.29) is 16.5 Å². The summed E-state index contributed by atoms with van der Waals surface area (Å²) in [5.74, 6) is 0.0138. The molecule has 1 rings (SSSR count). The Kier molecular flexibility index (Phi) is 5.44. The topological polar surface area (TPSA) is 58.6 Å². The summed E-state index contributed by atoms with van der Waals surface area (Å²) in [6.07, 6.45) is 0. The van der Waals surface area contributed by atoms with E-state index < -0.39 is 0 Å². The second-order valence-corrected chi connectivity index (χ2v) is 5.06. The summed E-state index contributed by atoms with van der Waals surface area (Å²) in [5, 5.41) is 12.0. The summed E-state index contributed by atoms with van der Waals surface area (Å²) in [6, 6.07) is 4.68. The van der Waals surface area contributed by atoms with E-state index in [2.05, 4.69) is 21.2 Å². The summed E-state index contributed by atoms with van der Waals surface area (Å²) >= 11 is 3.39. The number of carbonyl (C=O) groups excluding carboxylic acids is 1. The molecule has 0 heterocycles. The lowest BCUT2D eigenvalue weighted by Gasteiger charge is -2.11. The maximum atomic E-state index is 11.8. The molecule has 0 fully saturated rings. The first kappa shape index (κ1) is 14.0. The first-order valence-corrected chi connectivity index (χ1v) is 6.17. The highest BCUT2D eigenvalue weighted by Gasteiger charge is 2.11. The number of ether oxygens (including phenoxy) is 1. The minimum Gasteiger partial charge on any atom is -0.508 e. The molecule has 1 atom stereocenters. The summed E-state index contributed by atoms with van der Waals surface area (Å²) in [5.41, 5.74) is 1.32. The number of aryl methyl sites for hydroxylation is 1. The van der Waals surface area contributed by atoms with Crippen molar-refractivity contribution >= 4 is 21.8 Å². The minimum atomic E-state index is -0.150. The van der Waals surface area contributed by atoms with Gasteiger partial charge in [-0.25, -0.2) is 0 Å². The number of rotatable bonds is 5. The van der Waals surface area contributed by atoms with Gasteiger partial charge in [-0.15, -0.1) is 0 Å². The van der Waals surface area contributed by atoms with E-state index in [4.69, 9.17) is 4.74 Å². The fourth-order valence-electron chi connectivity index (χ4n) is 1.44. The van der Waals surface area contributed by atoms with Crippen LogP contribution < -0.4 is 5.32 Å². The molecule has 0 saturated heterocycles. The van der Waals surface area contributed by atoms with Crippen molar-refractivity contribution in [3.05, 3.63) is 29.3 Å². The number of nitrogens with one attached hydrogen (secondary N) is 1. The first-order chi connectivity index (χ1) is 8.04. The second-order valence-electron chi connectivity index (χ2n) is 3.76. The van der Waals surface area contributed by atoms with Gasteiger partial charge in [-0.2, -0.15) is 0 Å². The van der Waals surface area contributed by atoms with Crippen molar-refractivity contribution in [2.75, 3.05) is 20.3 Å². The number of benzene rings is 1. The average Bonchev–Trinajstić information content (AvgIpc) is 2.26. The number of hydrogen-bond acceptors (Lipinski definition) is 3. The van der Waals surface area contributed by atoms with Crippen molar-refractivity contribution < 1.29 is 14.6 Å². The molecule has 0 aromatic heterocycles. The molecule has 1 unspecified atom stereocenters. The van der Waals surface area contributed by atoms with Crippen LogP contribution in [0.3, 0.4) is 0 Å². The molecule has 17 heavy (non-hydrogen) atoms. The van der Waals surface area contributed by atoms with Crippen molar-refractivity contribution in [2.45, 2.75) is 11.8 Å². The van der Waals surface area contributed by atoms with E-state index in [0.29, 0.717) is 18.7 Å². The van der Waals surface area contributed by atoms with Crippen molar-refractivity contribution in [3.63, 3.8) is 0 Å². The van der Waals surface area contributed by atoms with Gasteiger partial charge in [0.15, 0.2) is 0 Å². The Hall–Kier alpha value is -1.07. The SMILES string of the molecule is COCC(Br)CNC(=O)c1ccc(O)cc1C. The lowest BCUT2D eigenvalue weighted by atomic mass is 10.1. The van der Waals surface area contributed by atoms with Gasteiger partial charge in [0.2, 0.25) is 0 Å². The van der Waals surface area contributed by atoms with Gasteiger partial charge in [0.25, 0.3) is 5.91 Å². The third-order valence-corrected chi connectivity index (χ3v) is 2.87. The molecule has 94 valence electrons. The second kappa shape index (κ2) is 6.61. The fraction of sp³-hybridized carbons (Fsp3) is 0.417. The molecule has 1 amide bonds. The van der Waals surface area contributed by atoms with Gasteiger partial charge in [-0.3, -0.25) is 4.79 Å². The largest absolute Gasteiger partial charge is 0.508 e. The van der Waals surface area contributed by atoms with Crippen LogP contribution >= 0.6 is 15.9 Å². The number of amides is 1. The number of phenols is 1. The predicted molar refractivity (Wildman–Crippen MR) is 69.8 cm³/mol. The third kappa shape index (κ3) is 4.36. The minimum absolute atomic E-state index is 0.0915. The zero-order chi connectivity index (χ0) is 12.8. The van der Waals surface area contributed by atoms with Crippen LogP contribution in [0.4, 0.5) is 0 Å². The van der Waals surface area contributed by atoms with Crippen molar-refractivity contribution in [2.24, 2.45) is 0 Å². The van der Waals surface area contributed by atoms with Gasteiger partial charge in [0, 0.05) is 19.2 Å². The van der Waals surface area contributed by atoms with Gasteiger partial charge < -0.3 is 15.2 Å². The van der Waals surface area contributed by atoms with E-state index in [9.17, 15) is 9.90 Å². The molecule has 2 N–H and O–H groups in total. The first-order valence-electron chi connectivity index (χ1n) is 5.25. The van der Waals surface area contributed by atoms with Crippen LogP contribution in [0.5, 0.6) is 5.75 Å². The lowest BCUT2D eigenvalue weighted by Crippen LogP contribution is -2.31. The predicted octanol–water partition coefficient (Wildman–Crippen LogP) is 1.84. The third-order valence-electron chi connectivity index (χ3n) is 2.29. The monoisotopic (exact) mass is 301 g/mol. The van der Waals surface area contributed by atoms with Crippen LogP contribution in [0.25, 0.3) is 0 Å². The molecule has 1 aromatic carbocycles. The summed E-state index contributed by atoms with van der Waals surface area (Å²) in [7, 11) is 1.61. The van der Waals surface area contributed by atoms with Gasteiger partial charge >= 0.3 is 0 Å². The summed E-state index contributed by atoms with van der Waals surface area (Å²) < 4.78 is 4.95. The Morgan fingerprint density at radius 1 is 1.59 bits per heavy atom. The van der Waals surface area contributed by atoms with Crippen LogP contribution in [-0.4, -0.2) is 36.1 Å². The number of phenolic OH excluding ortho intramolecular Hbond substituents is 1. The van der Waals surface area contributed by atoms with Crippen LogP contribution in [0.2, 0.25) is 0 Å². The smallest absolute Gasteiger partial charge is 0.251 e. The Morgan fingerprint density at radius 2 is 2.29 bits per heavy atom. The fourth-order valence-corrected chi connectivity index (χ4v) is 1.87. The Bertz CT molecular complexity index is 395. The van der Waals surface area contributed by atoms with Crippen molar-refractivity contribution in [1.29, 1.82) is 0 Å². The highest BCUT2D eigenvalue weighted by molar-refractivity contribution is 9.09. The Labute approximate surface area is 109 Å².